The van der Waals surface area contributed by atoms with Crippen LogP contribution in [0.25, 0.3) is 0 Å². The molecule has 82 valence electrons. The van der Waals surface area contributed by atoms with Crippen molar-refractivity contribution >= 4 is 17.4 Å². The first-order valence-electron chi connectivity index (χ1n) is 4.80. The molecular formula is C12H10ClFN2. The molecule has 1 aromatic carbocycles. The molecule has 2 nitrogen and oxygen atoms in total. The molecule has 0 unspecified atom stereocenters. The molecule has 0 atom stereocenters. The highest BCUT2D eigenvalue weighted by atomic mass is 35.5. The average molecular weight is 237 g/mol. The molecule has 4 heteroatoms. The Kier molecular flexibility index (Phi) is 3.06. The summed E-state index contributed by atoms with van der Waals surface area (Å²) in [6.45, 7) is 0. The Bertz CT molecular complexity index is 514. The highest BCUT2D eigenvalue weighted by Gasteiger charge is 2.06. The van der Waals surface area contributed by atoms with Gasteiger partial charge >= 0.3 is 0 Å². The SMILES string of the molecule is Nc1ncccc1Cc1cc(Cl)ccc1F. The fraction of sp³-hybridized carbons (Fsp3) is 0.0833. The molecule has 0 aliphatic heterocycles. The van der Waals surface area contributed by atoms with Gasteiger partial charge in [-0.2, -0.15) is 0 Å². The highest BCUT2D eigenvalue weighted by Crippen LogP contribution is 2.20. The first kappa shape index (κ1) is 10.9. The maximum atomic E-state index is 13.5. The van der Waals surface area contributed by atoms with Gasteiger partial charge in [-0.1, -0.05) is 17.7 Å². The van der Waals surface area contributed by atoms with Crippen LogP contribution in [0.1, 0.15) is 11.1 Å². The van der Waals surface area contributed by atoms with Crippen molar-refractivity contribution in [3.05, 3.63) is 58.5 Å². The van der Waals surface area contributed by atoms with E-state index in [9.17, 15) is 4.39 Å². The van der Waals surface area contributed by atoms with Crippen molar-refractivity contribution < 1.29 is 4.39 Å². The minimum Gasteiger partial charge on any atom is -0.383 e. The Hall–Kier alpha value is -1.61. The zero-order chi connectivity index (χ0) is 11.5. The van der Waals surface area contributed by atoms with Crippen LogP contribution < -0.4 is 5.73 Å². The van der Waals surface area contributed by atoms with Gasteiger partial charge in [0.05, 0.1) is 0 Å². The summed E-state index contributed by atoms with van der Waals surface area (Å²) in [5.41, 5.74) is 7.01. The lowest BCUT2D eigenvalue weighted by molar-refractivity contribution is 0.614. The summed E-state index contributed by atoms with van der Waals surface area (Å²) >= 11 is 5.81. The summed E-state index contributed by atoms with van der Waals surface area (Å²) in [7, 11) is 0. The number of pyridine rings is 1. The van der Waals surface area contributed by atoms with Crippen LogP contribution >= 0.6 is 11.6 Å². The smallest absolute Gasteiger partial charge is 0.126 e. The Morgan fingerprint density at radius 1 is 1.25 bits per heavy atom. The molecule has 0 aliphatic carbocycles. The maximum Gasteiger partial charge on any atom is 0.126 e. The van der Waals surface area contributed by atoms with Crippen molar-refractivity contribution in [2.24, 2.45) is 0 Å². The van der Waals surface area contributed by atoms with E-state index in [0.29, 0.717) is 22.8 Å². The van der Waals surface area contributed by atoms with Crippen molar-refractivity contribution in [3.63, 3.8) is 0 Å². The Labute approximate surface area is 97.9 Å². The van der Waals surface area contributed by atoms with E-state index in [0.717, 1.165) is 5.56 Å². The number of benzene rings is 1. The Morgan fingerprint density at radius 3 is 2.81 bits per heavy atom. The summed E-state index contributed by atoms with van der Waals surface area (Å²) in [5.74, 6) is 0.134. The van der Waals surface area contributed by atoms with Gasteiger partial charge in [0.2, 0.25) is 0 Å². The Morgan fingerprint density at radius 2 is 2.06 bits per heavy atom. The van der Waals surface area contributed by atoms with Crippen LogP contribution in [0.5, 0.6) is 0 Å². The second-order valence-electron chi connectivity index (χ2n) is 3.46. The van der Waals surface area contributed by atoms with Gasteiger partial charge < -0.3 is 5.73 Å². The molecule has 1 heterocycles. The normalized spacial score (nSPS) is 10.4. The zero-order valence-corrected chi connectivity index (χ0v) is 9.21. The second kappa shape index (κ2) is 4.49. The predicted octanol–water partition coefficient (Wildman–Crippen LogP) is 3.05. The van der Waals surface area contributed by atoms with Crippen molar-refractivity contribution in [1.82, 2.24) is 4.98 Å². The third kappa shape index (κ3) is 2.31. The maximum absolute atomic E-state index is 13.5. The quantitative estimate of drug-likeness (QED) is 0.871. The minimum atomic E-state index is -0.285. The summed E-state index contributed by atoms with van der Waals surface area (Å²) in [4.78, 5) is 3.95. The number of aromatic nitrogens is 1. The standard InChI is InChI=1S/C12H10ClFN2/c13-10-3-4-11(14)9(7-10)6-8-2-1-5-16-12(8)15/h1-5,7H,6H2,(H2,15,16). The molecule has 0 fully saturated rings. The van der Waals surface area contributed by atoms with Crippen molar-refractivity contribution in [1.29, 1.82) is 0 Å². The van der Waals surface area contributed by atoms with E-state index in [2.05, 4.69) is 4.98 Å². The largest absolute Gasteiger partial charge is 0.383 e. The van der Waals surface area contributed by atoms with Crippen molar-refractivity contribution in [2.45, 2.75) is 6.42 Å². The number of nitrogen functional groups attached to an aromatic ring is 1. The van der Waals surface area contributed by atoms with E-state index in [4.69, 9.17) is 17.3 Å². The van der Waals surface area contributed by atoms with E-state index in [1.807, 2.05) is 6.07 Å². The highest BCUT2D eigenvalue weighted by molar-refractivity contribution is 6.30. The van der Waals surface area contributed by atoms with Gasteiger partial charge in [-0.3, -0.25) is 0 Å². The van der Waals surface area contributed by atoms with Crippen LogP contribution in [0.3, 0.4) is 0 Å². The summed E-state index contributed by atoms with van der Waals surface area (Å²) in [6.07, 6.45) is 2.00. The van der Waals surface area contributed by atoms with Crippen LogP contribution in [0.4, 0.5) is 10.2 Å². The lowest BCUT2D eigenvalue weighted by Crippen LogP contribution is -1.99. The van der Waals surface area contributed by atoms with Crippen LogP contribution in [0.15, 0.2) is 36.5 Å². The fourth-order valence-electron chi connectivity index (χ4n) is 1.48. The molecule has 2 rings (SSSR count). The molecule has 0 saturated heterocycles. The van der Waals surface area contributed by atoms with Crippen LogP contribution in [0, 0.1) is 5.82 Å². The molecule has 2 aromatic rings. The lowest BCUT2D eigenvalue weighted by Gasteiger charge is -2.06. The number of nitrogens with two attached hydrogens (primary N) is 1. The average Bonchev–Trinajstić information content (AvgIpc) is 2.27. The minimum absolute atomic E-state index is 0.285. The number of rotatable bonds is 2. The number of nitrogens with zero attached hydrogens (tertiary/aromatic N) is 1. The third-order valence-corrected chi connectivity index (χ3v) is 2.55. The molecule has 1 aromatic heterocycles. The van der Waals surface area contributed by atoms with Crippen LogP contribution in [0.2, 0.25) is 5.02 Å². The zero-order valence-electron chi connectivity index (χ0n) is 8.45. The van der Waals surface area contributed by atoms with E-state index in [-0.39, 0.29) is 5.82 Å². The fourth-order valence-corrected chi connectivity index (χ4v) is 1.68. The molecule has 0 aliphatic rings. The van der Waals surface area contributed by atoms with Gasteiger partial charge in [-0.25, -0.2) is 9.37 Å². The third-order valence-electron chi connectivity index (χ3n) is 2.31. The first-order valence-corrected chi connectivity index (χ1v) is 5.18. The summed E-state index contributed by atoms with van der Waals surface area (Å²) in [5, 5.41) is 0.513. The van der Waals surface area contributed by atoms with Gasteiger partial charge in [-0.05, 0) is 35.4 Å². The molecule has 0 radical (unpaired) electrons. The number of hydrogen-bond donors (Lipinski definition) is 1. The molecule has 16 heavy (non-hydrogen) atoms. The summed E-state index contributed by atoms with van der Waals surface area (Å²) in [6, 6.07) is 8.07. The van der Waals surface area contributed by atoms with E-state index in [1.165, 1.54) is 12.1 Å². The van der Waals surface area contributed by atoms with Gasteiger partial charge in [-0.15, -0.1) is 0 Å². The molecular weight excluding hydrogens is 227 g/mol. The molecule has 0 spiro atoms. The molecule has 0 amide bonds. The lowest BCUT2D eigenvalue weighted by atomic mass is 10.1. The van der Waals surface area contributed by atoms with Crippen LogP contribution in [-0.4, -0.2) is 4.98 Å². The van der Waals surface area contributed by atoms with Crippen molar-refractivity contribution in [3.8, 4) is 0 Å². The van der Waals surface area contributed by atoms with Gasteiger partial charge in [0.1, 0.15) is 11.6 Å². The Balaban J connectivity index is 2.34. The van der Waals surface area contributed by atoms with E-state index >= 15 is 0 Å². The van der Waals surface area contributed by atoms with E-state index in [1.54, 1.807) is 18.3 Å². The van der Waals surface area contributed by atoms with Gasteiger partial charge in [0, 0.05) is 17.6 Å². The second-order valence-corrected chi connectivity index (χ2v) is 3.90. The van der Waals surface area contributed by atoms with Crippen molar-refractivity contribution in [2.75, 3.05) is 5.73 Å². The molecule has 0 bridgehead atoms. The summed E-state index contributed by atoms with van der Waals surface area (Å²) < 4.78 is 13.5. The number of anilines is 1. The van der Waals surface area contributed by atoms with E-state index < -0.39 is 0 Å². The molecule has 0 saturated carbocycles. The van der Waals surface area contributed by atoms with Gasteiger partial charge in [0.15, 0.2) is 0 Å². The first-order chi connectivity index (χ1) is 7.66. The predicted molar refractivity (Wildman–Crippen MR) is 62.9 cm³/mol. The topological polar surface area (TPSA) is 38.9 Å². The number of hydrogen-bond acceptors (Lipinski definition) is 2. The monoisotopic (exact) mass is 236 g/mol. The van der Waals surface area contributed by atoms with Crippen LogP contribution in [-0.2, 0) is 6.42 Å². The number of halogens is 2. The molecule has 2 N–H and O–H groups in total. The van der Waals surface area contributed by atoms with Gasteiger partial charge in [0.25, 0.3) is 0 Å².